The zero-order valence-corrected chi connectivity index (χ0v) is 13.6. The lowest BCUT2D eigenvalue weighted by Crippen LogP contribution is -2.48. The molecule has 1 aromatic rings. The molecule has 7 heteroatoms. The highest BCUT2D eigenvalue weighted by Crippen LogP contribution is 2.13. The van der Waals surface area contributed by atoms with Crippen LogP contribution in [0.1, 0.15) is 38.1 Å². The van der Waals surface area contributed by atoms with Gasteiger partial charge in [-0.25, -0.2) is 13.1 Å². The van der Waals surface area contributed by atoms with Crippen molar-refractivity contribution in [3.05, 3.63) is 29.8 Å². The Balaban J connectivity index is 3.04. The van der Waals surface area contributed by atoms with Crippen molar-refractivity contribution in [3.63, 3.8) is 0 Å². The van der Waals surface area contributed by atoms with Crippen molar-refractivity contribution in [2.24, 2.45) is 5.73 Å². The van der Waals surface area contributed by atoms with Gasteiger partial charge in [0.25, 0.3) is 5.91 Å². The smallest absolute Gasteiger partial charge is 0.251 e. The van der Waals surface area contributed by atoms with Crippen LogP contribution in [0.15, 0.2) is 29.2 Å². The molecule has 0 aromatic heterocycles. The number of hydrogen-bond acceptors (Lipinski definition) is 4. The highest BCUT2D eigenvalue weighted by Gasteiger charge is 2.21. The first kappa shape index (κ1) is 17.6. The molecule has 0 heterocycles. The molecule has 1 amide bonds. The van der Waals surface area contributed by atoms with Gasteiger partial charge in [0.05, 0.1) is 4.90 Å². The van der Waals surface area contributed by atoms with Gasteiger partial charge in [-0.2, -0.15) is 0 Å². The van der Waals surface area contributed by atoms with Crippen LogP contribution in [0, 0.1) is 0 Å². The van der Waals surface area contributed by atoms with Crippen LogP contribution < -0.4 is 15.8 Å². The molecule has 118 valence electrons. The third-order valence-electron chi connectivity index (χ3n) is 2.76. The van der Waals surface area contributed by atoms with Gasteiger partial charge in [0, 0.05) is 23.7 Å². The molecule has 0 saturated carbocycles. The van der Waals surface area contributed by atoms with E-state index in [9.17, 15) is 13.2 Å². The normalized spacial score (nSPS) is 12.5. The van der Waals surface area contributed by atoms with Gasteiger partial charge < -0.3 is 11.1 Å². The fraction of sp³-hybridized carbons (Fsp3) is 0.500. The molecule has 1 aromatic carbocycles. The number of benzene rings is 1. The van der Waals surface area contributed by atoms with Gasteiger partial charge in [-0.05, 0) is 45.9 Å². The number of carbonyl (C=O) groups excluding carboxylic acids is 1. The second-order valence-corrected chi connectivity index (χ2v) is 7.56. The number of rotatable bonds is 6. The third-order valence-corrected chi connectivity index (χ3v) is 4.42. The average molecular weight is 313 g/mol. The second kappa shape index (κ2) is 6.55. The first-order chi connectivity index (χ1) is 9.57. The maximum atomic E-state index is 12.1. The van der Waals surface area contributed by atoms with Gasteiger partial charge in [0.2, 0.25) is 10.0 Å². The number of carbonyl (C=O) groups is 1. The van der Waals surface area contributed by atoms with E-state index in [1.807, 2.05) is 0 Å². The Bertz CT molecular complexity index is 610. The molecular weight excluding hydrogens is 290 g/mol. The van der Waals surface area contributed by atoms with Crippen LogP contribution in [0.2, 0.25) is 0 Å². The molecule has 1 rings (SSSR count). The Hall–Kier alpha value is -1.44. The van der Waals surface area contributed by atoms with Crippen molar-refractivity contribution in [1.29, 1.82) is 0 Å². The lowest BCUT2D eigenvalue weighted by Gasteiger charge is -2.24. The van der Waals surface area contributed by atoms with Crippen LogP contribution in [0.3, 0.4) is 0 Å². The van der Waals surface area contributed by atoms with Crippen molar-refractivity contribution >= 4 is 15.9 Å². The monoisotopic (exact) mass is 313 g/mol. The summed E-state index contributed by atoms with van der Waals surface area (Å²) in [6, 6.07) is 5.70. The van der Waals surface area contributed by atoms with Crippen LogP contribution in [-0.4, -0.2) is 32.5 Å². The highest BCUT2D eigenvalue weighted by molar-refractivity contribution is 7.89. The Morgan fingerprint density at radius 3 is 2.48 bits per heavy atom. The topological polar surface area (TPSA) is 101 Å². The molecule has 4 N–H and O–H groups in total. The summed E-state index contributed by atoms with van der Waals surface area (Å²) in [5.74, 6) is -0.355. The summed E-state index contributed by atoms with van der Waals surface area (Å²) in [5.41, 5.74) is 5.29. The standard InChI is InChI=1S/C14H23N3O3S/c1-10(2)17-21(19,20)12-7-5-6-11(8-12)13(18)16-14(3,4)9-15/h5-8,10,17H,9,15H2,1-4H3,(H,16,18). The van der Waals surface area contributed by atoms with E-state index in [1.165, 1.54) is 12.1 Å². The number of sulfonamides is 1. The minimum atomic E-state index is -3.62. The molecule has 0 bridgehead atoms. The molecule has 6 nitrogen and oxygen atoms in total. The quantitative estimate of drug-likeness (QED) is 0.724. The second-order valence-electron chi connectivity index (χ2n) is 5.85. The molecule has 0 aliphatic rings. The molecule has 0 spiro atoms. The van der Waals surface area contributed by atoms with Crippen LogP contribution in [-0.2, 0) is 10.0 Å². The Labute approximate surface area is 126 Å². The van der Waals surface area contributed by atoms with E-state index in [1.54, 1.807) is 39.8 Å². The number of amides is 1. The van der Waals surface area contributed by atoms with Gasteiger partial charge in [0.1, 0.15) is 0 Å². The van der Waals surface area contributed by atoms with Crippen molar-refractivity contribution in [1.82, 2.24) is 10.0 Å². The van der Waals surface area contributed by atoms with Gasteiger partial charge in [0.15, 0.2) is 0 Å². The summed E-state index contributed by atoms with van der Waals surface area (Å²) in [7, 11) is -3.62. The molecule has 21 heavy (non-hydrogen) atoms. The molecule has 0 aliphatic carbocycles. The van der Waals surface area contributed by atoms with E-state index >= 15 is 0 Å². The van der Waals surface area contributed by atoms with E-state index in [4.69, 9.17) is 5.73 Å². The fourth-order valence-corrected chi connectivity index (χ4v) is 2.91. The third kappa shape index (κ3) is 5.11. The number of hydrogen-bond donors (Lipinski definition) is 3. The summed E-state index contributed by atoms with van der Waals surface area (Å²) in [4.78, 5) is 12.2. The van der Waals surface area contributed by atoms with Gasteiger partial charge in [-0.1, -0.05) is 6.07 Å². The predicted molar refractivity (Wildman–Crippen MR) is 82.5 cm³/mol. The first-order valence-corrected chi connectivity index (χ1v) is 8.21. The van der Waals surface area contributed by atoms with E-state index < -0.39 is 15.6 Å². The maximum Gasteiger partial charge on any atom is 0.251 e. The largest absolute Gasteiger partial charge is 0.346 e. The van der Waals surface area contributed by atoms with Crippen LogP contribution in [0.5, 0.6) is 0 Å². The van der Waals surface area contributed by atoms with E-state index in [0.717, 1.165) is 0 Å². The van der Waals surface area contributed by atoms with Crippen LogP contribution in [0.4, 0.5) is 0 Å². The molecule has 0 unspecified atom stereocenters. The Morgan fingerprint density at radius 1 is 1.33 bits per heavy atom. The molecule has 0 radical (unpaired) electrons. The van der Waals surface area contributed by atoms with Gasteiger partial charge >= 0.3 is 0 Å². The zero-order valence-electron chi connectivity index (χ0n) is 12.8. The predicted octanol–water partition coefficient (Wildman–Crippen LogP) is 0.840. The summed E-state index contributed by atoms with van der Waals surface area (Å²) in [6.45, 7) is 7.35. The van der Waals surface area contributed by atoms with E-state index in [-0.39, 0.29) is 29.0 Å². The van der Waals surface area contributed by atoms with Crippen molar-refractivity contribution < 1.29 is 13.2 Å². The van der Waals surface area contributed by atoms with Crippen LogP contribution in [0.25, 0.3) is 0 Å². The first-order valence-electron chi connectivity index (χ1n) is 6.72. The summed E-state index contributed by atoms with van der Waals surface area (Å²) < 4.78 is 26.7. The maximum absolute atomic E-state index is 12.1. The van der Waals surface area contributed by atoms with Crippen molar-refractivity contribution in [2.75, 3.05) is 6.54 Å². The summed E-state index contributed by atoms with van der Waals surface area (Å²) in [6.07, 6.45) is 0. The minimum absolute atomic E-state index is 0.0643. The average Bonchev–Trinajstić information content (AvgIpc) is 2.37. The molecular formula is C14H23N3O3S. The molecule has 0 aliphatic heterocycles. The van der Waals surface area contributed by atoms with Gasteiger partial charge in [-0.15, -0.1) is 0 Å². The Kier molecular flexibility index (Phi) is 5.49. The number of nitrogens with two attached hydrogens (primary N) is 1. The Morgan fingerprint density at radius 2 is 1.95 bits per heavy atom. The lowest BCUT2D eigenvalue weighted by atomic mass is 10.1. The minimum Gasteiger partial charge on any atom is -0.346 e. The molecule has 0 atom stereocenters. The lowest BCUT2D eigenvalue weighted by molar-refractivity contribution is 0.0915. The highest BCUT2D eigenvalue weighted by atomic mass is 32.2. The zero-order chi connectivity index (χ0) is 16.3. The van der Waals surface area contributed by atoms with Crippen molar-refractivity contribution in [2.45, 2.75) is 44.2 Å². The van der Waals surface area contributed by atoms with Crippen molar-refractivity contribution in [3.8, 4) is 0 Å². The number of nitrogens with one attached hydrogen (secondary N) is 2. The SMILES string of the molecule is CC(C)NS(=O)(=O)c1cccc(C(=O)NC(C)(C)CN)c1. The molecule has 0 fully saturated rings. The van der Waals surface area contributed by atoms with Gasteiger partial charge in [-0.3, -0.25) is 4.79 Å². The summed E-state index contributed by atoms with van der Waals surface area (Å²) >= 11 is 0. The fourth-order valence-electron chi connectivity index (χ4n) is 1.61. The summed E-state index contributed by atoms with van der Waals surface area (Å²) in [5, 5.41) is 2.76. The van der Waals surface area contributed by atoms with Crippen LogP contribution >= 0.6 is 0 Å². The van der Waals surface area contributed by atoms with E-state index in [0.29, 0.717) is 0 Å². The van der Waals surface area contributed by atoms with E-state index in [2.05, 4.69) is 10.0 Å². The molecule has 0 saturated heterocycles.